The van der Waals surface area contributed by atoms with Gasteiger partial charge in [-0.3, -0.25) is 0 Å². The van der Waals surface area contributed by atoms with Gasteiger partial charge in [0.2, 0.25) is 0 Å². The minimum atomic E-state index is -1.57. The zero-order valence-corrected chi connectivity index (χ0v) is 11.4. The monoisotopic (exact) mass is 315 g/mol. The quantitative estimate of drug-likeness (QED) is 0.306. The van der Waals surface area contributed by atoms with Crippen LogP contribution in [-0.4, -0.2) is 83.3 Å². The van der Waals surface area contributed by atoms with Crippen LogP contribution in [0.25, 0.3) is 0 Å². The van der Waals surface area contributed by atoms with Gasteiger partial charge < -0.3 is 35.4 Å². The molecule has 0 aliphatic carbocycles. The number of aromatic nitrogens is 3. The summed E-state index contributed by atoms with van der Waals surface area (Å²) in [4.78, 5) is 0. The first kappa shape index (κ1) is 16.8. The van der Waals surface area contributed by atoms with Gasteiger partial charge in [0.1, 0.15) is 42.4 Å². The topological polar surface area (TPSA) is 161 Å². The van der Waals surface area contributed by atoms with Gasteiger partial charge in [-0.2, -0.15) is 0 Å². The number of ether oxygens (including phenoxy) is 1. The summed E-state index contributed by atoms with van der Waals surface area (Å²) in [6, 6.07) is 0. The first-order valence-electron chi connectivity index (χ1n) is 6.50. The van der Waals surface area contributed by atoms with E-state index in [1.54, 1.807) is 0 Å². The number of hydrogen-bond acceptors (Lipinski definition) is 9. The molecule has 1 aliphatic heterocycles. The van der Waals surface area contributed by atoms with Gasteiger partial charge in [-0.05, 0) is 5.92 Å². The van der Waals surface area contributed by atoms with Crippen LogP contribution in [0.3, 0.4) is 0 Å². The van der Waals surface area contributed by atoms with Crippen LogP contribution in [0.1, 0.15) is 17.6 Å². The average molecular weight is 315 g/mol. The van der Waals surface area contributed by atoms with E-state index >= 15 is 0 Å². The van der Waals surface area contributed by atoms with Gasteiger partial charge >= 0.3 is 0 Å². The Kier molecular flexibility index (Phi) is 5.43. The molecule has 0 radical (unpaired) electrons. The molecule has 0 bridgehead atoms. The minimum absolute atomic E-state index is 0.0841. The highest BCUT2D eigenvalue weighted by Crippen LogP contribution is 2.29. The van der Waals surface area contributed by atoms with Crippen molar-refractivity contribution in [1.82, 2.24) is 15.0 Å². The van der Waals surface area contributed by atoms with E-state index in [4.69, 9.17) is 14.9 Å². The highest BCUT2D eigenvalue weighted by molar-refractivity contribution is 5.31. The van der Waals surface area contributed by atoms with E-state index < -0.39 is 50.5 Å². The summed E-state index contributed by atoms with van der Waals surface area (Å²) in [5.41, 5.74) is 0.179. The zero-order valence-electron chi connectivity index (χ0n) is 11.4. The third-order valence-electron chi connectivity index (χ3n) is 3.31. The van der Waals surface area contributed by atoms with Crippen LogP contribution in [0.5, 0.6) is 0 Å². The van der Waals surface area contributed by atoms with E-state index in [9.17, 15) is 20.4 Å². The predicted octanol–water partition coefficient (Wildman–Crippen LogP) is -3.91. The maximum Gasteiger partial charge on any atom is 0.182 e. The fourth-order valence-corrected chi connectivity index (χ4v) is 2.15. The first-order valence-corrected chi connectivity index (χ1v) is 6.50. The van der Waals surface area contributed by atoms with Crippen LogP contribution >= 0.6 is 0 Å². The lowest BCUT2D eigenvalue weighted by atomic mass is 9.98. The van der Waals surface area contributed by atoms with E-state index in [1.165, 1.54) is 0 Å². The molecule has 1 aliphatic rings. The predicted molar refractivity (Wildman–Crippen MR) is 68.9 cm³/mol. The second kappa shape index (κ2) is 7.12. The summed E-state index contributed by atoms with van der Waals surface area (Å²) in [7, 11) is 0. The van der Waals surface area contributed by atoms with Crippen molar-refractivity contribution in [1.29, 1.82) is 0 Å². The molecule has 0 saturated carbocycles. The highest BCUT2D eigenvalue weighted by atomic mass is 16.6. The molecule has 0 aromatic carbocycles. The number of rotatable bonds is 3. The van der Waals surface area contributed by atoms with Gasteiger partial charge in [-0.25, -0.2) is 4.68 Å². The zero-order chi connectivity index (χ0) is 16.3. The molecular formula is C12H17N3O7. The van der Waals surface area contributed by atoms with E-state index in [0.717, 1.165) is 4.68 Å². The highest BCUT2D eigenvalue weighted by Gasteiger charge is 2.45. The van der Waals surface area contributed by atoms with Crippen molar-refractivity contribution in [3.05, 3.63) is 11.4 Å². The van der Waals surface area contributed by atoms with Gasteiger partial charge in [0, 0.05) is 0 Å². The molecule has 2 rings (SSSR count). The average Bonchev–Trinajstić information content (AvgIpc) is 2.93. The van der Waals surface area contributed by atoms with Gasteiger partial charge in [0.15, 0.2) is 6.23 Å². The summed E-state index contributed by atoms with van der Waals surface area (Å²) in [5.74, 6) is 4.88. The first-order chi connectivity index (χ1) is 10.5. The second-order valence-electron chi connectivity index (χ2n) is 4.67. The third-order valence-corrected chi connectivity index (χ3v) is 3.31. The van der Waals surface area contributed by atoms with Crippen molar-refractivity contribution in [2.45, 2.75) is 37.3 Å². The molecule has 6 N–H and O–H groups in total. The van der Waals surface area contributed by atoms with Crippen LogP contribution in [0.15, 0.2) is 0 Å². The number of aliphatic hydroxyl groups is 6. The van der Waals surface area contributed by atoms with E-state index in [1.807, 2.05) is 0 Å². The van der Waals surface area contributed by atoms with Gasteiger partial charge in [0.25, 0.3) is 0 Å². The summed E-state index contributed by atoms with van der Waals surface area (Å²) < 4.78 is 6.36. The number of aliphatic hydroxyl groups excluding tert-OH is 6. The van der Waals surface area contributed by atoms with Crippen LogP contribution in [0.2, 0.25) is 0 Å². The molecule has 1 aromatic rings. The fourth-order valence-electron chi connectivity index (χ4n) is 2.15. The summed E-state index contributed by atoms with van der Waals surface area (Å²) in [5, 5.41) is 64.1. The molecule has 2 heterocycles. The van der Waals surface area contributed by atoms with Crippen molar-refractivity contribution in [3.8, 4) is 11.8 Å². The Morgan fingerprint density at radius 3 is 2.41 bits per heavy atom. The van der Waals surface area contributed by atoms with Crippen LogP contribution in [0, 0.1) is 11.8 Å². The Morgan fingerprint density at radius 1 is 1.09 bits per heavy atom. The molecule has 1 fully saturated rings. The smallest absolute Gasteiger partial charge is 0.182 e. The normalized spacial score (nSPS) is 31.6. The minimum Gasteiger partial charge on any atom is -0.394 e. The third kappa shape index (κ3) is 2.96. The molecule has 122 valence electrons. The molecule has 10 heteroatoms. The van der Waals surface area contributed by atoms with Crippen LogP contribution < -0.4 is 0 Å². The van der Waals surface area contributed by atoms with Crippen LogP contribution in [-0.2, 0) is 11.3 Å². The maximum absolute atomic E-state index is 10.0. The summed E-state index contributed by atoms with van der Waals surface area (Å²) >= 11 is 0. The second-order valence-corrected chi connectivity index (χ2v) is 4.67. The molecule has 22 heavy (non-hydrogen) atoms. The lowest BCUT2D eigenvalue weighted by molar-refractivity contribution is -0.254. The van der Waals surface area contributed by atoms with Crippen molar-refractivity contribution >= 4 is 0 Å². The molecule has 1 saturated heterocycles. The molecule has 1 aromatic heterocycles. The lowest BCUT2D eigenvalue weighted by Crippen LogP contribution is -2.56. The Morgan fingerprint density at radius 2 is 1.82 bits per heavy atom. The Bertz CT molecular complexity index is 565. The van der Waals surface area contributed by atoms with Crippen molar-refractivity contribution in [2.75, 3.05) is 13.2 Å². The van der Waals surface area contributed by atoms with Gasteiger partial charge in [-0.15, -0.1) is 5.10 Å². The summed E-state index contributed by atoms with van der Waals surface area (Å²) in [6.45, 7) is -1.50. The molecule has 10 nitrogen and oxygen atoms in total. The fraction of sp³-hybridized carbons (Fsp3) is 0.667. The molecule has 0 amide bonds. The number of nitrogens with zero attached hydrogens (tertiary/aromatic N) is 3. The van der Waals surface area contributed by atoms with Crippen molar-refractivity contribution in [2.24, 2.45) is 0 Å². The molecule has 5 atom stereocenters. The largest absolute Gasteiger partial charge is 0.394 e. The Balaban J connectivity index is 2.39. The molecule has 0 unspecified atom stereocenters. The lowest BCUT2D eigenvalue weighted by Gasteiger charge is -2.39. The Hall–Kier alpha value is -1.58. The maximum atomic E-state index is 10.0. The summed E-state index contributed by atoms with van der Waals surface area (Å²) in [6.07, 6.45) is -7.00. The van der Waals surface area contributed by atoms with Gasteiger partial charge in [-0.1, -0.05) is 11.1 Å². The number of hydrogen-bond donors (Lipinski definition) is 6. The molecular weight excluding hydrogens is 298 g/mol. The SMILES string of the molecule is OCC#Cc1c(CO)nnn1[C@@H]1O[C@H](CO)[C@@H](O)[C@H](O)[C@H]1O. The van der Waals surface area contributed by atoms with Gasteiger partial charge in [0.05, 0.1) is 13.2 Å². The van der Waals surface area contributed by atoms with Crippen molar-refractivity contribution < 1.29 is 35.4 Å². The standard InChI is InChI=1S/C12H17N3O7/c16-3-1-2-7-6(4-17)13-14-15(7)12-11(21)10(20)9(19)8(5-18)22-12/h8-12,16-21H,3-5H2/t8-,9-,10+,11-,12-/m1/s1. The Labute approximate surface area is 125 Å². The van der Waals surface area contributed by atoms with E-state index in [-0.39, 0.29) is 11.4 Å². The van der Waals surface area contributed by atoms with Crippen LogP contribution in [0.4, 0.5) is 0 Å². The van der Waals surface area contributed by atoms with E-state index in [0.29, 0.717) is 0 Å². The van der Waals surface area contributed by atoms with E-state index in [2.05, 4.69) is 22.2 Å². The van der Waals surface area contributed by atoms with Crippen molar-refractivity contribution in [3.63, 3.8) is 0 Å². The molecule has 0 spiro atoms.